The molecule has 0 atom stereocenters. The van der Waals surface area contributed by atoms with E-state index in [0.717, 1.165) is 43.8 Å². The second kappa shape index (κ2) is 9.22. The summed E-state index contributed by atoms with van der Waals surface area (Å²) in [6, 6.07) is 38.7. The van der Waals surface area contributed by atoms with Crippen molar-refractivity contribution in [3.05, 3.63) is 125 Å². The van der Waals surface area contributed by atoms with Gasteiger partial charge in [0.1, 0.15) is 5.75 Å². The minimum atomic E-state index is 0.0505. The highest BCUT2D eigenvalue weighted by Gasteiger charge is 2.25. The highest BCUT2D eigenvalue weighted by atomic mass is 79.9. The fraction of sp³-hybridized carbons (Fsp3) is 0. The van der Waals surface area contributed by atoms with Crippen LogP contribution >= 0.6 is 27.5 Å². The molecule has 160 valence electrons. The number of hydrogen-bond acceptors (Lipinski definition) is 1. The molecule has 0 spiro atoms. The number of halogens is 2. The smallest absolute Gasteiger partial charge is 0.219 e. The van der Waals surface area contributed by atoms with E-state index >= 15 is 0 Å². The third kappa shape index (κ3) is 4.43. The molecule has 4 heteroatoms. The van der Waals surface area contributed by atoms with Crippen molar-refractivity contribution in [2.24, 2.45) is 0 Å². The average molecular weight is 514 g/mol. The minimum absolute atomic E-state index is 0.0505. The molecule has 5 rings (SSSR count). The molecule has 0 aliphatic rings. The summed E-state index contributed by atoms with van der Waals surface area (Å²) in [6.45, 7) is 0. The maximum atomic E-state index is 10.4. The molecular weight excluding hydrogens is 494 g/mol. The van der Waals surface area contributed by atoms with E-state index in [9.17, 15) is 5.11 Å². The minimum Gasteiger partial charge on any atom is -0.506 e. The lowest BCUT2D eigenvalue weighted by atomic mass is 9.98. The number of hydrogen-bond donors (Lipinski definition) is 1. The molecule has 0 radical (unpaired) electrons. The third-order valence-electron chi connectivity index (χ3n) is 5.57. The number of pyridine rings is 1. The summed E-state index contributed by atoms with van der Waals surface area (Å²) in [4.78, 5) is 0. The first-order valence-corrected chi connectivity index (χ1v) is 11.7. The zero-order valence-electron chi connectivity index (χ0n) is 17.6. The standard InChI is InChI=1S/C29H19BrClNO/c30-24-13-11-22(12-14-24)28-18-23(20-7-3-1-4-8-20)17-27(21-9-5-2-6-10-21)32(28)25-15-16-26(31)29(33)19-25/h1-19H/p+1. The number of nitrogens with zero attached hydrogens (tertiary/aromatic N) is 1. The van der Waals surface area contributed by atoms with Gasteiger partial charge in [-0.25, -0.2) is 0 Å². The van der Waals surface area contributed by atoms with Crippen LogP contribution in [0.3, 0.4) is 0 Å². The van der Waals surface area contributed by atoms with Crippen LogP contribution in [0.15, 0.2) is 120 Å². The van der Waals surface area contributed by atoms with Gasteiger partial charge in [-0.1, -0.05) is 76.1 Å². The van der Waals surface area contributed by atoms with Crippen LogP contribution in [0, 0.1) is 0 Å². The van der Waals surface area contributed by atoms with Crippen LogP contribution < -0.4 is 4.57 Å². The number of aromatic nitrogens is 1. The third-order valence-corrected chi connectivity index (χ3v) is 6.42. The molecule has 4 aromatic carbocycles. The lowest BCUT2D eigenvalue weighted by Gasteiger charge is -2.13. The SMILES string of the molecule is Oc1cc(-[n+]2c(-c3ccccc3)cc(-c3ccccc3)cc2-c2ccc(Br)cc2)ccc1Cl. The molecule has 1 heterocycles. The number of rotatable bonds is 4. The van der Waals surface area contributed by atoms with Crippen molar-refractivity contribution in [2.75, 3.05) is 0 Å². The van der Waals surface area contributed by atoms with Crippen molar-refractivity contribution in [2.45, 2.75) is 0 Å². The lowest BCUT2D eigenvalue weighted by molar-refractivity contribution is -0.572. The number of phenols is 1. The Labute approximate surface area is 206 Å². The lowest BCUT2D eigenvalue weighted by Crippen LogP contribution is -2.36. The van der Waals surface area contributed by atoms with Gasteiger partial charge in [0.2, 0.25) is 17.1 Å². The van der Waals surface area contributed by atoms with Crippen LogP contribution in [-0.2, 0) is 0 Å². The van der Waals surface area contributed by atoms with Gasteiger partial charge in [-0.2, -0.15) is 4.57 Å². The molecular formula is C29H20BrClNO+. The van der Waals surface area contributed by atoms with Crippen LogP contribution in [0.2, 0.25) is 5.02 Å². The van der Waals surface area contributed by atoms with Gasteiger partial charge in [-0.15, -0.1) is 0 Å². The van der Waals surface area contributed by atoms with Gasteiger partial charge in [-0.05, 0) is 53.6 Å². The van der Waals surface area contributed by atoms with Crippen LogP contribution in [0.25, 0.3) is 39.3 Å². The maximum Gasteiger partial charge on any atom is 0.219 e. The normalized spacial score (nSPS) is 10.8. The van der Waals surface area contributed by atoms with Crippen LogP contribution in [0.5, 0.6) is 5.75 Å². The van der Waals surface area contributed by atoms with E-state index < -0.39 is 0 Å². The molecule has 2 nitrogen and oxygen atoms in total. The average Bonchev–Trinajstić information content (AvgIpc) is 2.86. The van der Waals surface area contributed by atoms with E-state index in [2.05, 4.69) is 81.2 Å². The Hall–Kier alpha value is -3.40. The highest BCUT2D eigenvalue weighted by molar-refractivity contribution is 9.10. The largest absolute Gasteiger partial charge is 0.506 e. The Balaban J connectivity index is 1.88. The van der Waals surface area contributed by atoms with E-state index in [4.69, 9.17) is 11.6 Å². The Morgan fingerprint density at radius 2 is 1.12 bits per heavy atom. The summed E-state index contributed by atoms with van der Waals surface area (Å²) in [7, 11) is 0. The second-order valence-corrected chi connectivity index (χ2v) is 9.05. The summed E-state index contributed by atoms with van der Waals surface area (Å²) in [5.41, 5.74) is 7.22. The van der Waals surface area contributed by atoms with Crippen molar-refractivity contribution in [3.63, 3.8) is 0 Å². The monoisotopic (exact) mass is 512 g/mol. The van der Waals surface area contributed by atoms with E-state index in [1.807, 2.05) is 42.5 Å². The molecule has 1 N–H and O–H groups in total. The van der Waals surface area contributed by atoms with E-state index in [0.29, 0.717) is 5.02 Å². The summed E-state index contributed by atoms with van der Waals surface area (Å²) in [6.07, 6.45) is 0. The zero-order chi connectivity index (χ0) is 22.8. The molecule has 0 amide bonds. The predicted molar refractivity (Wildman–Crippen MR) is 139 cm³/mol. The molecule has 0 aliphatic carbocycles. The zero-order valence-corrected chi connectivity index (χ0v) is 20.0. The molecule has 0 fully saturated rings. The van der Waals surface area contributed by atoms with Gasteiger partial charge in [0.15, 0.2) is 0 Å². The van der Waals surface area contributed by atoms with Gasteiger partial charge in [-0.3, -0.25) is 0 Å². The van der Waals surface area contributed by atoms with Crippen molar-refractivity contribution < 1.29 is 9.67 Å². The van der Waals surface area contributed by atoms with Gasteiger partial charge >= 0.3 is 0 Å². The number of benzene rings is 4. The van der Waals surface area contributed by atoms with Crippen LogP contribution in [0.4, 0.5) is 0 Å². The van der Waals surface area contributed by atoms with Crippen molar-refractivity contribution in [1.29, 1.82) is 0 Å². The van der Waals surface area contributed by atoms with E-state index in [1.54, 1.807) is 12.1 Å². The van der Waals surface area contributed by atoms with Gasteiger partial charge in [0, 0.05) is 33.8 Å². The van der Waals surface area contributed by atoms with Gasteiger partial charge < -0.3 is 5.11 Å². The first-order valence-electron chi connectivity index (χ1n) is 10.6. The van der Waals surface area contributed by atoms with Crippen molar-refractivity contribution in [1.82, 2.24) is 0 Å². The number of aromatic hydroxyl groups is 1. The molecule has 5 aromatic rings. The molecule has 0 saturated heterocycles. The van der Waals surface area contributed by atoms with Gasteiger partial charge in [0.25, 0.3) is 0 Å². The highest BCUT2D eigenvalue weighted by Crippen LogP contribution is 2.32. The van der Waals surface area contributed by atoms with Crippen LogP contribution in [0.1, 0.15) is 0 Å². The first kappa shape index (κ1) is 21.4. The van der Waals surface area contributed by atoms with Crippen molar-refractivity contribution >= 4 is 27.5 Å². The Bertz CT molecular complexity index is 1420. The first-order chi connectivity index (χ1) is 16.1. The second-order valence-electron chi connectivity index (χ2n) is 7.72. The fourth-order valence-corrected chi connectivity index (χ4v) is 4.35. The van der Waals surface area contributed by atoms with E-state index in [1.165, 1.54) is 0 Å². The summed E-state index contributed by atoms with van der Waals surface area (Å²) < 4.78 is 3.19. The molecule has 0 aliphatic heterocycles. The summed E-state index contributed by atoms with van der Waals surface area (Å²) in [5.74, 6) is 0.0505. The maximum absolute atomic E-state index is 10.4. The molecule has 33 heavy (non-hydrogen) atoms. The quantitative estimate of drug-likeness (QED) is 0.241. The molecule has 0 saturated carbocycles. The summed E-state index contributed by atoms with van der Waals surface area (Å²) in [5, 5.41) is 10.7. The van der Waals surface area contributed by atoms with Crippen molar-refractivity contribution in [3.8, 4) is 45.1 Å². The molecule has 0 bridgehead atoms. The molecule has 0 unspecified atom stereocenters. The number of phenolic OH excluding ortho intramolecular Hbond substituents is 1. The molecule has 1 aromatic heterocycles. The summed E-state index contributed by atoms with van der Waals surface area (Å²) >= 11 is 9.69. The Morgan fingerprint density at radius 3 is 1.70 bits per heavy atom. The Morgan fingerprint density at radius 1 is 0.576 bits per heavy atom. The van der Waals surface area contributed by atoms with Gasteiger partial charge in [0.05, 0.1) is 11.1 Å². The predicted octanol–water partition coefficient (Wildman–Crippen LogP) is 8.09. The van der Waals surface area contributed by atoms with Crippen LogP contribution in [-0.4, -0.2) is 5.11 Å². The van der Waals surface area contributed by atoms with E-state index in [-0.39, 0.29) is 5.75 Å². The fourth-order valence-electron chi connectivity index (χ4n) is 3.97. The topological polar surface area (TPSA) is 24.1 Å². The Kier molecular flexibility index (Phi) is 5.99.